The van der Waals surface area contributed by atoms with Crippen LogP contribution in [0.2, 0.25) is 0 Å². The lowest BCUT2D eigenvalue weighted by molar-refractivity contribution is 0.193. The largest absolute Gasteiger partial charge is 0.363 e. The van der Waals surface area contributed by atoms with Crippen LogP contribution in [0.4, 0.5) is 19.3 Å². The number of anilines is 1. The van der Waals surface area contributed by atoms with Gasteiger partial charge in [0.25, 0.3) is 0 Å². The van der Waals surface area contributed by atoms with Gasteiger partial charge in [0.2, 0.25) is 0 Å². The van der Waals surface area contributed by atoms with Gasteiger partial charge in [0.1, 0.15) is 17.3 Å². The molecule has 1 saturated heterocycles. The van der Waals surface area contributed by atoms with Gasteiger partial charge in [-0.25, -0.2) is 13.6 Å². The van der Waals surface area contributed by atoms with E-state index in [1.807, 2.05) is 30.3 Å². The summed E-state index contributed by atoms with van der Waals surface area (Å²) in [5, 5.41) is 2.87. The molecule has 126 valence electrons. The first-order valence-electron chi connectivity index (χ1n) is 7.91. The number of rotatable bonds is 3. The highest BCUT2D eigenvalue weighted by molar-refractivity contribution is 5.74. The number of halogens is 2. The number of piperazine rings is 1. The molecule has 2 aromatic carbocycles. The van der Waals surface area contributed by atoms with Crippen molar-refractivity contribution in [3.05, 3.63) is 65.7 Å². The number of nitrogens with one attached hydrogen (secondary N) is 1. The van der Waals surface area contributed by atoms with Gasteiger partial charge < -0.3 is 15.1 Å². The van der Waals surface area contributed by atoms with Gasteiger partial charge in [-0.3, -0.25) is 0 Å². The summed E-state index contributed by atoms with van der Waals surface area (Å²) in [7, 11) is 0. The molecule has 24 heavy (non-hydrogen) atoms. The Morgan fingerprint density at radius 2 is 1.54 bits per heavy atom. The van der Waals surface area contributed by atoms with Crippen LogP contribution in [0.25, 0.3) is 0 Å². The van der Waals surface area contributed by atoms with E-state index >= 15 is 0 Å². The van der Waals surface area contributed by atoms with Crippen molar-refractivity contribution in [2.75, 3.05) is 31.1 Å². The molecule has 0 saturated carbocycles. The first-order chi connectivity index (χ1) is 11.6. The zero-order valence-electron chi connectivity index (χ0n) is 13.2. The van der Waals surface area contributed by atoms with Crippen LogP contribution < -0.4 is 10.2 Å². The van der Waals surface area contributed by atoms with E-state index in [9.17, 15) is 13.6 Å². The SMILES string of the molecule is O=C(NCc1ccccc1)N1CCN(c2c(F)cccc2F)CC1. The van der Waals surface area contributed by atoms with E-state index in [2.05, 4.69) is 5.32 Å². The van der Waals surface area contributed by atoms with E-state index in [0.29, 0.717) is 32.7 Å². The number of benzene rings is 2. The average molecular weight is 331 g/mol. The number of carbonyl (C=O) groups is 1. The van der Waals surface area contributed by atoms with Crippen molar-refractivity contribution in [1.29, 1.82) is 0 Å². The lowest BCUT2D eigenvalue weighted by Gasteiger charge is -2.36. The molecule has 0 atom stereocenters. The van der Waals surface area contributed by atoms with Crippen LogP contribution in [0, 0.1) is 11.6 Å². The van der Waals surface area contributed by atoms with Crippen molar-refractivity contribution < 1.29 is 13.6 Å². The predicted octanol–water partition coefficient (Wildman–Crippen LogP) is 3.00. The van der Waals surface area contributed by atoms with Crippen molar-refractivity contribution in [1.82, 2.24) is 10.2 Å². The molecule has 0 spiro atoms. The number of urea groups is 1. The maximum absolute atomic E-state index is 13.8. The summed E-state index contributed by atoms with van der Waals surface area (Å²) in [4.78, 5) is 15.5. The molecule has 3 rings (SSSR count). The molecular weight excluding hydrogens is 312 g/mol. The number of hydrogen-bond donors (Lipinski definition) is 1. The van der Waals surface area contributed by atoms with Crippen LogP contribution in [-0.2, 0) is 6.54 Å². The summed E-state index contributed by atoms with van der Waals surface area (Å²) in [6, 6.07) is 13.3. The normalized spacial score (nSPS) is 14.6. The van der Waals surface area contributed by atoms with Crippen LogP contribution in [0.3, 0.4) is 0 Å². The van der Waals surface area contributed by atoms with Crippen molar-refractivity contribution in [3.8, 4) is 0 Å². The molecule has 0 bridgehead atoms. The lowest BCUT2D eigenvalue weighted by Crippen LogP contribution is -2.52. The average Bonchev–Trinajstić information content (AvgIpc) is 2.61. The molecule has 4 nitrogen and oxygen atoms in total. The third-order valence-corrected chi connectivity index (χ3v) is 4.11. The van der Waals surface area contributed by atoms with E-state index < -0.39 is 11.6 Å². The Bertz CT molecular complexity index is 680. The zero-order valence-corrected chi connectivity index (χ0v) is 13.2. The zero-order chi connectivity index (χ0) is 16.9. The molecule has 1 aliphatic heterocycles. The van der Waals surface area contributed by atoms with Crippen LogP contribution in [0.15, 0.2) is 48.5 Å². The van der Waals surface area contributed by atoms with E-state index in [4.69, 9.17) is 0 Å². The minimum atomic E-state index is -0.572. The van der Waals surface area contributed by atoms with Crippen molar-refractivity contribution in [2.24, 2.45) is 0 Å². The third kappa shape index (κ3) is 3.64. The van der Waals surface area contributed by atoms with Gasteiger partial charge in [-0.05, 0) is 17.7 Å². The van der Waals surface area contributed by atoms with E-state index in [0.717, 1.165) is 5.56 Å². The van der Waals surface area contributed by atoms with Crippen molar-refractivity contribution in [2.45, 2.75) is 6.54 Å². The van der Waals surface area contributed by atoms with Gasteiger partial charge in [-0.1, -0.05) is 36.4 Å². The lowest BCUT2D eigenvalue weighted by atomic mass is 10.2. The highest BCUT2D eigenvalue weighted by Crippen LogP contribution is 2.24. The Morgan fingerprint density at radius 3 is 2.17 bits per heavy atom. The molecule has 1 N–H and O–H groups in total. The quantitative estimate of drug-likeness (QED) is 0.938. The molecule has 2 amide bonds. The molecule has 0 radical (unpaired) electrons. The van der Waals surface area contributed by atoms with Crippen LogP contribution in [0.1, 0.15) is 5.56 Å². The number of carbonyl (C=O) groups excluding carboxylic acids is 1. The Hall–Kier alpha value is -2.63. The number of amides is 2. The fourth-order valence-corrected chi connectivity index (χ4v) is 2.81. The van der Waals surface area contributed by atoms with Gasteiger partial charge in [-0.15, -0.1) is 0 Å². The number of nitrogens with zero attached hydrogens (tertiary/aromatic N) is 2. The summed E-state index contributed by atoms with van der Waals surface area (Å²) in [6.45, 7) is 2.11. The summed E-state index contributed by atoms with van der Waals surface area (Å²) >= 11 is 0. The topological polar surface area (TPSA) is 35.6 Å². The van der Waals surface area contributed by atoms with E-state index in [1.54, 1.807) is 9.80 Å². The molecule has 1 fully saturated rings. The van der Waals surface area contributed by atoms with Crippen molar-refractivity contribution in [3.63, 3.8) is 0 Å². The van der Waals surface area contributed by atoms with E-state index in [-0.39, 0.29) is 11.7 Å². The molecule has 2 aromatic rings. The Morgan fingerprint density at radius 1 is 0.917 bits per heavy atom. The summed E-state index contributed by atoms with van der Waals surface area (Å²) in [6.07, 6.45) is 0. The molecule has 1 heterocycles. The van der Waals surface area contributed by atoms with Gasteiger partial charge in [0.15, 0.2) is 0 Å². The maximum Gasteiger partial charge on any atom is 0.317 e. The van der Waals surface area contributed by atoms with Crippen LogP contribution in [-0.4, -0.2) is 37.1 Å². The Labute approximate surface area is 139 Å². The Kier molecular flexibility index (Phi) is 4.93. The summed E-state index contributed by atoms with van der Waals surface area (Å²) in [5.41, 5.74) is 1.01. The highest BCUT2D eigenvalue weighted by atomic mass is 19.1. The van der Waals surface area contributed by atoms with Crippen LogP contribution in [0.5, 0.6) is 0 Å². The van der Waals surface area contributed by atoms with Crippen LogP contribution >= 0.6 is 0 Å². The molecule has 0 unspecified atom stereocenters. The number of hydrogen-bond acceptors (Lipinski definition) is 2. The minimum Gasteiger partial charge on any atom is -0.363 e. The molecule has 6 heteroatoms. The fourth-order valence-electron chi connectivity index (χ4n) is 2.81. The molecular formula is C18H19F2N3O. The van der Waals surface area contributed by atoms with Gasteiger partial charge in [0, 0.05) is 32.7 Å². The standard InChI is InChI=1S/C18H19F2N3O/c19-15-7-4-8-16(20)17(15)22-9-11-23(12-10-22)18(24)21-13-14-5-2-1-3-6-14/h1-8H,9-13H2,(H,21,24). The predicted molar refractivity (Wildman–Crippen MR) is 88.8 cm³/mol. The summed E-state index contributed by atoms with van der Waals surface area (Å²) in [5.74, 6) is -1.14. The molecule has 1 aliphatic rings. The van der Waals surface area contributed by atoms with Gasteiger partial charge in [0.05, 0.1) is 0 Å². The third-order valence-electron chi connectivity index (χ3n) is 4.11. The maximum atomic E-state index is 13.8. The second-order valence-electron chi connectivity index (χ2n) is 5.69. The monoisotopic (exact) mass is 331 g/mol. The molecule has 0 aromatic heterocycles. The van der Waals surface area contributed by atoms with E-state index in [1.165, 1.54) is 18.2 Å². The minimum absolute atomic E-state index is 0.0122. The van der Waals surface area contributed by atoms with Gasteiger partial charge >= 0.3 is 6.03 Å². The first-order valence-corrected chi connectivity index (χ1v) is 7.91. The first kappa shape index (κ1) is 16.2. The van der Waals surface area contributed by atoms with Gasteiger partial charge in [-0.2, -0.15) is 0 Å². The Balaban J connectivity index is 1.54. The highest BCUT2D eigenvalue weighted by Gasteiger charge is 2.24. The molecule has 0 aliphatic carbocycles. The second-order valence-corrected chi connectivity index (χ2v) is 5.69. The summed E-state index contributed by atoms with van der Waals surface area (Å²) < 4.78 is 27.6. The fraction of sp³-hybridized carbons (Fsp3) is 0.278. The number of para-hydroxylation sites is 1. The van der Waals surface area contributed by atoms with Crippen molar-refractivity contribution >= 4 is 11.7 Å². The second kappa shape index (κ2) is 7.29. The smallest absolute Gasteiger partial charge is 0.317 e.